The Morgan fingerprint density at radius 1 is 1.17 bits per heavy atom. The first-order chi connectivity index (χ1) is 11.0. The maximum absolute atomic E-state index is 12.2. The molecule has 0 heterocycles. The topological polar surface area (TPSA) is 73.2 Å². The van der Waals surface area contributed by atoms with Crippen LogP contribution in [0.3, 0.4) is 0 Å². The fraction of sp³-hybridized carbons (Fsp3) is 0.118. The van der Waals surface area contributed by atoms with Gasteiger partial charge in [-0.05, 0) is 36.4 Å². The Kier molecular flexibility index (Phi) is 5.34. The van der Waals surface area contributed by atoms with Crippen molar-refractivity contribution < 1.29 is 9.59 Å². The van der Waals surface area contributed by atoms with Crippen LogP contribution in [0.25, 0.3) is 0 Å². The van der Waals surface area contributed by atoms with Crippen LogP contribution in [-0.4, -0.2) is 18.4 Å². The third-order valence-corrected chi connectivity index (χ3v) is 3.44. The molecule has 0 fully saturated rings. The van der Waals surface area contributed by atoms with Crippen molar-refractivity contribution >= 4 is 34.8 Å². The van der Waals surface area contributed by atoms with Gasteiger partial charge in [-0.1, -0.05) is 23.7 Å². The van der Waals surface area contributed by atoms with E-state index in [1.807, 2.05) is 6.07 Å². The van der Waals surface area contributed by atoms with Gasteiger partial charge in [0.15, 0.2) is 0 Å². The Hall–Kier alpha value is -2.84. The summed E-state index contributed by atoms with van der Waals surface area (Å²) in [6.45, 7) is 1.22. The van der Waals surface area contributed by atoms with Crippen LogP contribution in [0.15, 0.2) is 48.5 Å². The van der Waals surface area contributed by atoms with Crippen LogP contribution in [0.2, 0.25) is 5.02 Å². The lowest BCUT2D eigenvalue weighted by atomic mass is 10.2. The summed E-state index contributed by atoms with van der Waals surface area (Å²) in [5.74, 6) is -0.641. The van der Waals surface area contributed by atoms with Crippen molar-refractivity contribution in [1.29, 1.82) is 5.26 Å². The van der Waals surface area contributed by atoms with Crippen LogP contribution in [0.4, 0.5) is 11.4 Å². The minimum absolute atomic E-state index is 0.154. The minimum atomic E-state index is -0.357. The van der Waals surface area contributed by atoms with Crippen molar-refractivity contribution in [2.45, 2.75) is 6.92 Å². The molecule has 0 saturated heterocycles. The van der Waals surface area contributed by atoms with E-state index in [0.29, 0.717) is 22.0 Å². The van der Waals surface area contributed by atoms with Gasteiger partial charge in [-0.25, -0.2) is 0 Å². The van der Waals surface area contributed by atoms with Crippen LogP contribution in [-0.2, 0) is 9.59 Å². The maximum atomic E-state index is 12.2. The Morgan fingerprint density at radius 3 is 2.39 bits per heavy atom. The van der Waals surface area contributed by atoms with Gasteiger partial charge in [0.2, 0.25) is 11.8 Å². The van der Waals surface area contributed by atoms with E-state index in [2.05, 4.69) is 5.32 Å². The molecule has 116 valence electrons. The monoisotopic (exact) mass is 327 g/mol. The molecule has 0 radical (unpaired) electrons. The summed E-state index contributed by atoms with van der Waals surface area (Å²) in [4.78, 5) is 25.3. The second kappa shape index (κ2) is 7.43. The number of hydrogen-bond acceptors (Lipinski definition) is 3. The van der Waals surface area contributed by atoms with Gasteiger partial charge in [0.25, 0.3) is 0 Å². The predicted octanol–water partition coefficient (Wildman–Crippen LogP) is 3.20. The quantitative estimate of drug-likeness (QED) is 0.937. The zero-order chi connectivity index (χ0) is 16.8. The zero-order valence-electron chi connectivity index (χ0n) is 12.4. The normalized spacial score (nSPS) is 9.78. The van der Waals surface area contributed by atoms with Crippen molar-refractivity contribution in [2.24, 2.45) is 0 Å². The van der Waals surface area contributed by atoms with Gasteiger partial charge in [0.05, 0.1) is 22.3 Å². The molecule has 0 aliphatic carbocycles. The highest BCUT2D eigenvalue weighted by molar-refractivity contribution is 6.33. The number of halogens is 1. The largest absolute Gasteiger partial charge is 0.325 e. The molecule has 2 aromatic carbocycles. The summed E-state index contributed by atoms with van der Waals surface area (Å²) in [7, 11) is 0. The van der Waals surface area contributed by atoms with Crippen LogP contribution in [0, 0.1) is 11.3 Å². The maximum Gasteiger partial charge on any atom is 0.244 e. The van der Waals surface area contributed by atoms with Crippen LogP contribution < -0.4 is 10.2 Å². The number of benzene rings is 2. The summed E-state index contributed by atoms with van der Waals surface area (Å²) in [6.07, 6.45) is 0. The zero-order valence-corrected chi connectivity index (χ0v) is 13.2. The Labute approximate surface area is 139 Å². The molecule has 0 atom stereocenters. The van der Waals surface area contributed by atoms with Crippen molar-refractivity contribution in [3.05, 3.63) is 59.1 Å². The molecule has 5 nitrogen and oxygen atoms in total. The lowest BCUT2D eigenvalue weighted by molar-refractivity contribution is -0.120. The van der Waals surface area contributed by atoms with Gasteiger partial charge in [-0.15, -0.1) is 0 Å². The summed E-state index contributed by atoms with van der Waals surface area (Å²) >= 11 is 6.08. The first kappa shape index (κ1) is 16.5. The summed E-state index contributed by atoms with van der Waals surface area (Å²) < 4.78 is 0. The average Bonchev–Trinajstić information content (AvgIpc) is 2.54. The molecular formula is C17H14ClN3O2. The molecular weight excluding hydrogens is 314 g/mol. The molecule has 0 aromatic heterocycles. The van der Waals surface area contributed by atoms with Crippen molar-refractivity contribution in [3.8, 4) is 6.07 Å². The van der Waals surface area contributed by atoms with E-state index < -0.39 is 0 Å². The molecule has 0 saturated carbocycles. The lowest BCUT2D eigenvalue weighted by Crippen LogP contribution is -2.36. The third-order valence-electron chi connectivity index (χ3n) is 3.12. The molecule has 2 aromatic rings. The van der Waals surface area contributed by atoms with E-state index in [-0.39, 0.29) is 18.4 Å². The highest BCUT2D eigenvalue weighted by Gasteiger charge is 2.18. The molecule has 0 aliphatic heterocycles. The number of anilines is 2. The van der Waals surface area contributed by atoms with E-state index in [0.717, 1.165) is 0 Å². The molecule has 0 spiro atoms. The highest BCUT2D eigenvalue weighted by atomic mass is 35.5. The number of nitrogens with one attached hydrogen (secondary N) is 1. The number of para-hydroxylation sites is 1. The number of hydrogen-bond donors (Lipinski definition) is 1. The lowest BCUT2D eigenvalue weighted by Gasteiger charge is -2.21. The van der Waals surface area contributed by atoms with Gasteiger partial charge in [0.1, 0.15) is 6.54 Å². The number of rotatable bonds is 4. The fourth-order valence-corrected chi connectivity index (χ4v) is 2.25. The Balaban J connectivity index is 2.11. The smallest absolute Gasteiger partial charge is 0.244 e. The van der Waals surface area contributed by atoms with Crippen molar-refractivity contribution in [2.75, 3.05) is 16.8 Å². The van der Waals surface area contributed by atoms with E-state index in [1.165, 1.54) is 11.8 Å². The molecule has 0 aliphatic rings. The number of carbonyl (C=O) groups excluding carboxylic acids is 2. The molecule has 2 amide bonds. The van der Waals surface area contributed by atoms with Crippen molar-refractivity contribution in [1.82, 2.24) is 0 Å². The number of amides is 2. The molecule has 2 rings (SSSR count). The average molecular weight is 328 g/mol. The Morgan fingerprint density at radius 2 is 1.83 bits per heavy atom. The van der Waals surface area contributed by atoms with Crippen molar-refractivity contribution in [3.63, 3.8) is 0 Å². The van der Waals surface area contributed by atoms with Gasteiger partial charge >= 0.3 is 0 Å². The third kappa shape index (κ3) is 4.31. The summed E-state index contributed by atoms with van der Waals surface area (Å²) in [6, 6.07) is 15.3. The van der Waals surface area contributed by atoms with Crippen LogP contribution in [0.5, 0.6) is 0 Å². The molecule has 0 bridgehead atoms. The summed E-state index contributed by atoms with van der Waals surface area (Å²) in [5, 5.41) is 11.8. The molecule has 23 heavy (non-hydrogen) atoms. The SMILES string of the molecule is CC(=O)N(CC(=O)Nc1ccc(C#N)cc1)c1ccccc1Cl. The number of nitriles is 1. The van der Waals surface area contributed by atoms with Gasteiger partial charge < -0.3 is 10.2 Å². The first-order valence-corrected chi connectivity index (χ1v) is 7.21. The fourth-order valence-electron chi connectivity index (χ4n) is 2.01. The molecule has 6 heteroatoms. The molecule has 0 unspecified atom stereocenters. The summed E-state index contributed by atoms with van der Waals surface area (Å²) in [5.41, 5.74) is 1.54. The first-order valence-electron chi connectivity index (χ1n) is 6.84. The minimum Gasteiger partial charge on any atom is -0.325 e. The van der Waals surface area contributed by atoms with E-state index in [4.69, 9.17) is 16.9 Å². The van der Waals surface area contributed by atoms with E-state index in [1.54, 1.807) is 48.5 Å². The number of carbonyl (C=O) groups is 2. The second-order valence-corrected chi connectivity index (χ2v) is 5.20. The van der Waals surface area contributed by atoms with Crippen LogP contribution in [0.1, 0.15) is 12.5 Å². The van der Waals surface area contributed by atoms with Gasteiger partial charge in [-0.2, -0.15) is 5.26 Å². The van der Waals surface area contributed by atoms with Gasteiger partial charge in [-0.3, -0.25) is 9.59 Å². The standard InChI is InChI=1S/C17H14ClN3O2/c1-12(22)21(16-5-3-2-4-15(16)18)11-17(23)20-14-8-6-13(10-19)7-9-14/h2-9H,11H2,1H3,(H,20,23). The van der Waals surface area contributed by atoms with E-state index in [9.17, 15) is 9.59 Å². The van der Waals surface area contributed by atoms with E-state index >= 15 is 0 Å². The second-order valence-electron chi connectivity index (χ2n) is 4.79. The van der Waals surface area contributed by atoms with Crippen LogP contribution >= 0.6 is 11.6 Å². The number of nitrogens with zero attached hydrogens (tertiary/aromatic N) is 2. The predicted molar refractivity (Wildman–Crippen MR) is 89.3 cm³/mol. The highest BCUT2D eigenvalue weighted by Crippen LogP contribution is 2.25. The molecule has 1 N–H and O–H groups in total. The van der Waals surface area contributed by atoms with Gasteiger partial charge in [0, 0.05) is 12.6 Å². The Bertz CT molecular complexity index is 766.